The van der Waals surface area contributed by atoms with E-state index in [1.165, 1.54) is 18.3 Å². The first kappa shape index (κ1) is 12.5. The van der Waals surface area contributed by atoms with Crippen molar-refractivity contribution in [3.63, 3.8) is 0 Å². The van der Waals surface area contributed by atoms with Crippen molar-refractivity contribution in [1.29, 1.82) is 0 Å². The highest BCUT2D eigenvalue weighted by Gasteiger charge is 2.14. The molecule has 0 aromatic carbocycles. The largest absolute Gasteiger partial charge is 0.462 e. The van der Waals surface area contributed by atoms with E-state index < -0.39 is 5.97 Å². The quantitative estimate of drug-likeness (QED) is 0.776. The molecule has 0 aliphatic heterocycles. The second-order valence-electron chi connectivity index (χ2n) is 3.12. The number of ether oxygens (including phenoxy) is 1. The molecule has 1 aromatic heterocycles. The van der Waals surface area contributed by atoms with Crippen molar-refractivity contribution in [3.05, 3.63) is 16.5 Å². The molecule has 0 saturated carbocycles. The van der Waals surface area contributed by atoms with Gasteiger partial charge < -0.3 is 15.8 Å². The SMILES string of the molecule is CCOC(=O)c1cc(CNC(C)=O)sc1N. The van der Waals surface area contributed by atoms with Crippen LogP contribution >= 0.6 is 11.3 Å². The van der Waals surface area contributed by atoms with E-state index in [4.69, 9.17) is 10.5 Å². The number of anilines is 1. The van der Waals surface area contributed by atoms with Gasteiger partial charge in [0.25, 0.3) is 0 Å². The highest BCUT2D eigenvalue weighted by molar-refractivity contribution is 7.16. The Morgan fingerprint density at radius 1 is 1.56 bits per heavy atom. The van der Waals surface area contributed by atoms with Crippen LogP contribution in [-0.4, -0.2) is 18.5 Å². The van der Waals surface area contributed by atoms with Crippen molar-refractivity contribution in [1.82, 2.24) is 5.32 Å². The fourth-order valence-corrected chi connectivity index (χ4v) is 1.98. The molecule has 0 spiro atoms. The van der Waals surface area contributed by atoms with Crippen molar-refractivity contribution in [2.24, 2.45) is 0 Å². The predicted octanol–water partition coefficient (Wildman–Crippen LogP) is 1.14. The number of rotatable bonds is 4. The second-order valence-corrected chi connectivity index (χ2v) is 4.29. The summed E-state index contributed by atoms with van der Waals surface area (Å²) in [4.78, 5) is 23.0. The van der Waals surface area contributed by atoms with E-state index in [0.717, 1.165) is 4.88 Å². The van der Waals surface area contributed by atoms with E-state index in [-0.39, 0.29) is 5.91 Å². The molecular formula is C10H14N2O3S. The fourth-order valence-electron chi connectivity index (χ4n) is 1.12. The smallest absolute Gasteiger partial charge is 0.341 e. The van der Waals surface area contributed by atoms with Crippen LogP contribution < -0.4 is 11.1 Å². The second kappa shape index (κ2) is 5.50. The van der Waals surface area contributed by atoms with Crippen molar-refractivity contribution >= 4 is 28.2 Å². The van der Waals surface area contributed by atoms with Crippen molar-refractivity contribution < 1.29 is 14.3 Å². The minimum absolute atomic E-state index is 0.121. The number of nitrogens with two attached hydrogens (primary N) is 1. The monoisotopic (exact) mass is 242 g/mol. The molecule has 1 amide bonds. The van der Waals surface area contributed by atoms with Crippen LogP contribution in [0, 0.1) is 0 Å². The summed E-state index contributed by atoms with van der Waals surface area (Å²) in [7, 11) is 0. The van der Waals surface area contributed by atoms with Gasteiger partial charge in [0.05, 0.1) is 18.7 Å². The van der Waals surface area contributed by atoms with Crippen LogP contribution in [0.15, 0.2) is 6.07 Å². The number of hydrogen-bond donors (Lipinski definition) is 2. The maximum Gasteiger partial charge on any atom is 0.341 e. The Morgan fingerprint density at radius 3 is 2.81 bits per heavy atom. The summed E-state index contributed by atoms with van der Waals surface area (Å²) in [5.41, 5.74) is 6.05. The van der Waals surface area contributed by atoms with Crippen LogP contribution in [0.4, 0.5) is 5.00 Å². The Labute approximate surface area is 97.6 Å². The van der Waals surface area contributed by atoms with E-state index in [0.29, 0.717) is 23.7 Å². The number of nitrogens with one attached hydrogen (secondary N) is 1. The van der Waals surface area contributed by atoms with E-state index in [9.17, 15) is 9.59 Å². The summed E-state index contributed by atoms with van der Waals surface area (Å²) in [6.45, 7) is 3.86. The standard InChI is InChI=1S/C10H14N2O3S/c1-3-15-10(14)8-4-7(16-9(8)11)5-12-6(2)13/h4H,3,5,11H2,1-2H3,(H,12,13). The Hall–Kier alpha value is -1.56. The molecule has 88 valence electrons. The van der Waals surface area contributed by atoms with E-state index in [2.05, 4.69) is 5.32 Å². The summed E-state index contributed by atoms with van der Waals surface area (Å²) in [6.07, 6.45) is 0. The molecule has 0 aliphatic rings. The lowest BCUT2D eigenvalue weighted by atomic mass is 10.3. The minimum atomic E-state index is -0.426. The lowest BCUT2D eigenvalue weighted by Crippen LogP contribution is -2.18. The van der Waals surface area contributed by atoms with Gasteiger partial charge in [-0.1, -0.05) is 0 Å². The predicted molar refractivity (Wildman–Crippen MR) is 62.2 cm³/mol. The molecule has 1 rings (SSSR count). The number of amides is 1. The number of thiophene rings is 1. The Kier molecular flexibility index (Phi) is 4.30. The minimum Gasteiger partial charge on any atom is -0.462 e. The Bertz CT molecular complexity index is 401. The van der Waals surface area contributed by atoms with Crippen LogP contribution in [0.3, 0.4) is 0 Å². The van der Waals surface area contributed by atoms with Gasteiger partial charge in [0.2, 0.25) is 5.91 Å². The fraction of sp³-hybridized carbons (Fsp3) is 0.400. The summed E-state index contributed by atoms with van der Waals surface area (Å²) < 4.78 is 4.85. The van der Waals surface area contributed by atoms with E-state index >= 15 is 0 Å². The van der Waals surface area contributed by atoms with Crippen molar-refractivity contribution in [2.75, 3.05) is 12.3 Å². The first-order valence-electron chi connectivity index (χ1n) is 4.84. The first-order chi connectivity index (χ1) is 7.54. The highest BCUT2D eigenvalue weighted by atomic mass is 32.1. The molecule has 0 saturated heterocycles. The third kappa shape index (κ3) is 3.23. The van der Waals surface area contributed by atoms with Crippen LogP contribution in [0.1, 0.15) is 29.1 Å². The third-order valence-electron chi connectivity index (χ3n) is 1.82. The molecule has 16 heavy (non-hydrogen) atoms. The summed E-state index contributed by atoms with van der Waals surface area (Å²) in [6, 6.07) is 1.65. The van der Waals surface area contributed by atoms with Crippen LogP contribution in [0.2, 0.25) is 0 Å². The maximum absolute atomic E-state index is 11.4. The van der Waals surface area contributed by atoms with Crippen LogP contribution in [0.25, 0.3) is 0 Å². The number of nitrogen functional groups attached to an aromatic ring is 1. The van der Waals surface area contributed by atoms with Crippen molar-refractivity contribution in [2.45, 2.75) is 20.4 Å². The van der Waals surface area contributed by atoms with Crippen molar-refractivity contribution in [3.8, 4) is 0 Å². The lowest BCUT2D eigenvalue weighted by Gasteiger charge is -1.99. The molecule has 0 bridgehead atoms. The molecule has 6 heteroatoms. The molecular weight excluding hydrogens is 228 g/mol. The average Bonchev–Trinajstić information content (AvgIpc) is 2.57. The van der Waals surface area contributed by atoms with Gasteiger partial charge in [0.1, 0.15) is 5.00 Å². The first-order valence-corrected chi connectivity index (χ1v) is 5.66. The molecule has 0 unspecified atom stereocenters. The zero-order valence-electron chi connectivity index (χ0n) is 9.20. The Morgan fingerprint density at radius 2 is 2.25 bits per heavy atom. The Balaban J connectivity index is 2.73. The van der Waals surface area contributed by atoms with Gasteiger partial charge in [-0.05, 0) is 13.0 Å². The molecule has 0 atom stereocenters. The van der Waals surface area contributed by atoms with Gasteiger partial charge in [-0.3, -0.25) is 4.79 Å². The molecule has 5 nitrogen and oxygen atoms in total. The number of hydrogen-bond acceptors (Lipinski definition) is 5. The van der Waals surface area contributed by atoms with Gasteiger partial charge in [-0.2, -0.15) is 0 Å². The molecule has 3 N–H and O–H groups in total. The molecule has 1 heterocycles. The van der Waals surface area contributed by atoms with Gasteiger partial charge in [0.15, 0.2) is 0 Å². The molecule has 0 fully saturated rings. The molecule has 0 aliphatic carbocycles. The number of esters is 1. The molecule has 0 radical (unpaired) electrons. The third-order valence-corrected chi connectivity index (χ3v) is 2.78. The zero-order valence-corrected chi connectivity index (χ0v) is 10.0. The lowest BCUT2D eigenvalue weighted by molar-refractivity contribution is -0.119. The number of carbonyl (C=O) groups excluding carboxylic acids is 2. The number of carbonyl (C=O) groups is 2. The van der Waals surface area contributed by atoms with Gasteiger partial charge in [-0.25, -0.2) is 4.79 Å². The summed E-state index contributed by atoms with van der Waals surface area (Å²) >= 11 is 1.27. The summed E-state index contributed by atoms with van der Waals surface area (Å²) in [5, 5.41) is 3.05. The average molecular weight is 242 g/mol. The summed E-state index contributed by atoms with van der Waals surface area (Å²) in [5.74, 6) is -0.546. The van der Waals surface area contributed by atoms with Gasteiger partial charge >= 0.3 is 5.97 Å². The zero-order chi connectivity index (χ0) is 12.1. The molecule has 1 aromatic rings. The van der Waals surface area contributed by atoms with Gasteiger partial charge in [0, 0.05) is 11.8 Å². The highest BCUT2D eigenvalue weighted by Crippen LogP contribution is 2.25. The van der Waals surface area contributed by atoms with E-state index in [1.54, 1.807) is 13.0 Å². The normalized spacial score (nSPS) is 9.88. The maximum atomic E-state index is 11.4. The topological polar surface area (TPSA) is 81.4 Å². The van der Waals surface area contributed by atoms with E-state index in [1.807, 2.05) is 0 Å². The van der Waals surface area contributed by atoms with Crippen LogP contribution in [-0.2, 0) is 16.1 Å². The van der Waals surface area contributed by atoms with Crippen LogP contribution in [0.5, 0.6) is 0 Å². The van der Waals surface area contributed by atoms with Gasteiger partial charge in [-0.15, -0.1) is 11.3 Å².